The van der Waals surface area contributed by atoms with Crippen molar-refractivity contribution < 1.29 is 53.1 Å². The number of rotatable bonds is 15. The summed E-state index contributed by atoms with van der Waals surface area (Å²) >= 11 is 50.8. The van der Waals surface area contributed by atoms with Crippen LogP contribution in [0, 0.1) is 0 Å². The number of pyridine rings is 10. The second-order valence-electron chi connectivity index (χ2n) is 34.1. The number of alkyl halides is 1. The van der Waals surface area contributed by atoms with E-state index in [-0.39, 0.29) is 77.9 Å². The molecule has 0 spiro atoms. The lowest BCUT2D eigenvalue weighted by Crippen LogP contribution is -2.45. The SMILES string of the molecule is CC(C)(C)N1C(=O)/C(=C/c2ncc(Cl)cc2COC2CCCCO2)c2cccnc21.CC(C)(C)N1C(=O)C(Cc2ncc(Cl)cc2CCl)c2cccnc21.CC(C)(C)N1C(=O)C(Cc2ncc(Cl)cc2CO)c2cccnc21.CC(C)(C)N1C(=O)Cc2cccnc21.Clc1cnc(Br)c(Br)c1.O=Cc1ncc(Cl)cc1COC1CCCCO1.OCc1cc(Cl)cnc1Br. The van der Waals surface area contributed by atoms with Gasteiger partial charge in [-0.1, -0.05) is 87.8 Å². The Balaban J connectivity index is 0.000000161. The van der Waals surface area contributed by atoms with E-state index in [4.69, 9.17) is 105 Å². The van der Waals surface area contributed by atoms with E-state index in [9.17, 15) is 29.1 Å². The zero-order chi connectivity index (χ0) is 93.1. The summed E-state index contributed by atoms with van der Waals surface area (Å²) in [6.07, 6.45) is 25.8. The highest BCUT2D eigenvalue weighted by molar-refractivity contribution is 9.13. The summed E-state index contributed by atoms with van der Waals surface area (Å²) in [5, 5.41) is 21.5. The van der Waals surface area contributed by atoms with Crippen LogP contribution in [0.1, 0.15) is 211 Å². The third-order valence-electron chi connectivity index (χ3n) is 20.3. The van der Waals surface area contributed by atoms with Crippen molar-refractivity contribution in [2.24, 2.45) is 0 Å². The van der Waals surface area contributed by atoms with Crippen LogP contribution in [0.5, 0.6) is 0 Å². The Hall–Kier alpha value is -7.98. The molecule has 6 aliphatic rings. The van der Waals surface area contributed by atoms with E-state index < -0.39 is 5.54 Å². The van der Waals surface area contributed by atoms with Crippen LogP contribution in [0.15, 0.2) is 161 Å². The van der Waals surface area contributed by atoms with Crippen molar-refractivity contribution in [2.75, 3.05) is 32.8 Å². The number of nitrogens with zero attached hydrogens (tertiary/aromatic N) is 14. The number of aromatic nitrogens is 10. The van der Waals surface area contributed by atoms with Crippen molar-refractivity contribution in [3.63, 3.8) is 0 Å². The van der Waals surface area contributed by atoms with E-state index in [2.05, 4.69) is 97.6 Å². The lowest BCUT2D eigenvalue weighted by molar-refractivity contribution is -0.169. The van der Waals surface area contributed by atoms with Crippen molar-refractivity contribution in [1.82, 2.24) is 49.8 Å². The standard InChI is InChI=1S/C23H26ClN3O3.C18H19Cl2N3O.C18H20ClN3O2.C12H14ClNO3.C11H14N2O.C6H5BrClNO.C5H2Br2ClN/c1-23(2,3)27-21-17(7-6-9-25-21)18(22(27)28)12-19-15(11-16(24)13-26-19)14-30-20-8-4-5-10-29-20;1-18(2,3)23-16-13(5-4-6-21-16)14(17(23)24)8-15-11(9-19)7-12(20)10-22-15;1-18(2,3)22-16-13(5-4-6-20-16)14(17(22)24)8-15-11(10-23)7-12(19)9-21-15;13-10-5-9(11(7-15)14-6-10)8-17-12-3-1-2-4-16-12;1-11(2,3)13-9(14)7-8-5-4-6-12-10(8)13;7-6-4(3-10)1-5(8)2-9-6;6-4-1-3(8)2-9-5(4)7/h6-7,9,11-13,20H,4-5,8,10,14H2,1-3H3;4-7,10,14H,8-9H2,1-3H3;4-7,9,14,23H,8,10H2,1-3H3;5-7,12H,1-4,8H2;4-6H,7H2,1-3H3;1-2,10H,3H2;1-2H/b18-12+;;;;;;. The molecule has 35 heteroatoms. The van der Waals surface area contributed by atoms with Crippen LogP contribution >= 0.6 is 129 Å². The molecule has 0 saturated carbocycles. The fourth-order valence-electron chi connectivity index (χ4n) is 14.6. The van der Waals surface area contributed by atoms with Crippen LogP contribution in [-0.4, -0.2) is 138 Å². The first-order chi connectivity index (χ1) is 60.7. The van der Waals surface area contributed by atoms with Gasteiger partial charge in [-0.2, -0.15) is 0 Å². The Bertz CT molecular complexity index is 5480. The fourth-order valence-corrected chi connectivity index (χ4v) is 16.9. The second kappa shape index (κ2) is 46.4. The van der Waals surface area contributed by atoms with Gasteiger partial charge in [-0.25, -0.2) is 29.9 Å². The Labute approximate surface area is 806 Å². The Morgan fingerprint density at radius 1 is 0.461 bits per heavy atom. The van der Waals surface area contributed by atoms with Crippen LogP contribution in [0.4, 0.5) is 23.3 Å². The minimum atomic E-state index is -0.395. The molecule has 16 rings (SSSR count). The molecule has 6 aliphatic heterocycles. The van der Waals surface area contributed by atoms with E-state index in [1.54, 1.807) is 93.4 Å². The number of ether oxygens (including phenoxy) is 4. The van der Waals surface area contributed by atoms with Gasteiger partial charge >= 0.3 is 0 Å². The number of hydrogen-bond donors (Lipinski definition) is 2. The van der Waals surface area contributed by atoms with Crippen molar-refractivity contribution in [3.8, 4) is 0 Å². The smallest absolute Gasteiger partial charge is 0.260 e. The molecule has 10 aromatic heterocycles. The number of aliphatic hydroxyl groups excluding tert-OH is 2. The van der Waals surface area contributed by atoms with E-state index in [0.29, 0.717) is 130 Å². The van der Waals surface area contributed by atoms with Crippen LogP contribution in [0.3, 0.4) is 0 Å². The van der Waals surface area contributed by atoms with Crippen molar-refractivity contribution in [3.05, 3.63) is 264 Å². The summed E-state index contributed by atoms with van der Waals surface area (Å²) in [5.41, 5.74) is 9.20. The van der Waals surface area contributed by atoms with Crippen molar-refractivity contribution >= 4 is 194 Å². The molecule has 2 fully saturated rings. The molecule has 4 atom stereocenters. The summed E-state index contributed by atoms with van der Waals surface area (Å²) in [6.45, 7) is 25.9. The van der Waals surface area contributed by atoms with Crippen LogP contribution in [-0.2, 0) is 89.7 Å². The monoisotopic (exact) mass is 2070 g/mol. The molecule has 4 amide bonds. The number of aliphatic hydroxyl groups is 2. The van der Waals surface area contributed by atoms with E-state index in [1.165, 1.54) is 12.4 Å². The van der Waals surface area contributed by atoms with Crippen LogP contribution in [0.25, 0.3) is 11.6 Å². The van der Waals surface area contributed by atoms with Crippen molar-refractivity contribution in [2.45, 2.75) is 220 Å². The lowest BCUT2D eigenvalue weighted by Gasteiger charge is -2.32. The molecule has 2 saturated heterocycles. The van der Waals surface area contributed by atoms with E-state index >= 15 is 0 Å². The van der Waals surface area contributed by atoms with Gasteiger partial charge in [0.15, 0.2) is 18.9 Å². The Morgan fingerprint density at radius 2 is 0.867 bits per heavy atom. The van der Waals surface area contributed by atoms with Gasteiger partial charge < -0.3 is 29.2 Å². The molecule has 0 aromatic carbocycles. The zero-order valence-corrected chi connectivity index (χ0v) is 82.8. The third-order valence-corrected chi connectivity index (χ3v) is 24.4. The second-order valence-corrected chi connectivity index (χ2v) is 39.3. The number of hydrogen-bond acceptors (Lipinski definition) is 21. The van der Waals surface area contributed by atoms with Crippen molar-refractivity contribution in [1.29, 1.82) is 0 Å². The van der Waals surface area contributed by atoms with Gasteiger partial charge in [-0.05, 0) is 248 Å². The molecule has 0 aliphatic carbocycles. The third kappa shape index (κ3) is 27.1. The first kappa shape index (κ1) is 102. The summed E-state index contributed by atoms with van der Waals surface area (Å²) in [7, 11) is 0. The van der Waals surface area contributed by atoms with E-state index in [1.807, 2.05) is 150 Å². The van der Waals surface area contributed by atoms with Gasteiger partial charge in [0.1, 0.15) is 38.2 Å². The highest BCUT2D eigenvalue weighted by Gasteiger charge is 2.46. The topological polar surface area (TPSA) is 305 Å². The molecule has 0 bridgehead atoms. The fraction of sp³-hybridized carbons (Fsp3) is 0.387. The number of carbonyl (C=O) groups is 5. The predicted molar refractivity (Wildman–Crippen MR) is 513 cm³/mol. The normalized spacial score (nSPS) is 17.2. The Kier molecular flexibility index (Phi) is 37.0. The highest BCUT2D eigenvalue weighted by Crippen LogP contribution is 2.45. The number of carbonyl (C=O) groups excluding carboxylic acids is 5. The van der Waals surface area contributed by atoms with Gasteiger partial charge in [0.2, 0.25) is 17.7 Å². The first-order valence-corrected chi connectivity index (χ1v) is 46.3. The maximum atomic E-state index is 13.3. The number of halogens is 10. The lowest BCUT2D eigenvalue weighted by atomic mass is 9.94. The van der Waals surface area contributed by atoms with Crippen LogP contribution < -0.4 is 19.6 Å². The molecule has 0 radical (unpaired) electrons. The largest absolute Gasteiger partial charge is 0.392 e. The van der Waals surface area contributed by atoms with Crippen LogP contribution in [0.2, 0.25) is 30.1 Å². The Morgan fingerprint density at radius 3 is 1.31 bits per heavy atom. The average molecular weight is 2080 g/mol. The first-order valence-electron chi connectivity index (χ1n) is 41.1. The van der Waals surface area contributed by atoms with E-state index in [0.717, 1.165) is 112 Å². The average Bonchev–Trinajstić information content (AvgIpc) is 1.62. The molecule has 25 nitrogen and oxygen atoms in total. The number of fused-ring (bicyclic) bond motifs is 4. The zero-order valence-electron chi connectivity index (χ0n) is 72.7. The van der Waals surface area contributed by atoms with Gasteiger partial charge in [0, 0.05) is 172 Å². The molecule has 128 heavy (non-hydrogen) atoms. The van der Waals surface area contributed by atoms with Gasteiger partial charge in [0.05, 0.1) is 90.6 Å². The summed E-state index contributed by atoms with van der Waals surface area (Å²) in [4.78, 5) is 112. The number of amides is 4. The molecule has 16 heterocycles. The number of aldehydes is 1. The molecule has 2 N–H and O–H groups in total. The number of anilines is 4. The van der Waals surface area contributed by atoms with Gasteiger partial charge in [-0.15, -0.1) is 11.6 Å². The minimum absolute atomic E-state index is 0.0110. The quantitative estimate of drug-likeness (QED) is 0.0417. The molecular weight excluding hydrogens is 1980 g/mol. The minimum Gasteiger partial charge on any atom is -0.392 e. The maximum absolute atomic E-state index is 13.3. The van der Waals surface area contributed by atoms with Gasteiger partial charge in [0.25, 0.3) is 5.91 Å². The summed E-state index contributed by atoms with van der Waals surface area (Å²) in [6, 6.07) is 25.7. The highest BCUT2D eigenvalue weighted by atomic mass is 79.9. The molecule has 4 unspecified atom stereocenters. The summed E-state index contributed by atoms with van der Waals surface area (Å²) < 4.78 is 24.9. The molecule has 678 valence electrons. The molecule has 10 aromatic rings. The molecular formula is C93H100Br3Cl7N14O11. The van der Waals surface area contributed by atoms with Gasteiger partial charge in [-0.3, -0.25) is 63.5 Å². The predicted octanol–water partition coefficient (Wildman–Crippen LogP) is 21.9. The maximum Gasteiger partial charge on any atom is 0.260 e. The summed E-state index contributed by atoms with van der Waals surface area (Å²) in [5.74, 6) is 2.71.